The molecule has 0 aliphatic carbocycles. The molecular formula is C14H22ClNO. The summed E-state index contributed by atoms with van der Waals surface area (Å²) < 4.78 is 5.10. The highest BCUT2D eigenvalue weighted by Crippen LogP contribution is 2.20. The standard InChI is InChI=1S/C14H22ClNO/c1-3-10-16-14(5-4-11-17-2)12-6-8-13(15)9-7-12/h6-9,14,16H,3-5,10-11H2,1-2H3. The molecule has 96 valence electrons. The van der Waals surface area contributed by atoms with Crippen LogP contribution in [-0.2, 0) is 4.74 Å². The third-order valence-electron chi connectivity index (χ3n) is 2.75. The molecule has 0 bridgehead atoms. The molecule has 0 amide bonds. The Morgan fingerprint density at radius 3 is 2.59 bits per heavy atom. The van der Waals surface area contributed by atoms with E-state index in [9.17, 15) is 0 Å². The Kier molecular flexibility index (Phi) is 7.25. The van der Waals surface area contributed by atoms with Crippen molar-refractivity contribution < 1.29 is 4.74 Å². The van der Waals surface area contributed by atoms with Gasteiger partial charge in [0.2, 0.25) is 0 Å². The lowest BCUT2D eigenvalue weighted by Crippen LogP contribution is -2.22. The van der Waals surface area contributed by atoms with Crippen LogP contribution in [0.5, 0.6) is 0 Å². The molecule has 1 rings (SSSR count). The lowest BCUT2D eigenvalue weighted by molar-refractivity contribution is 0.188. The van der Waals surface area contributed by atoms with Crippen molar-refractivity contribution in [3.05, 3.63) is 34.9 Å². The van der Waals surface area contributed by atoms with E-state index in [0.29, 0.717) is 6.04 Å². The van der Waals surface area contributed by atoms with Gasteiger partial charge in [-0.3, -0.25) is 0 Å². The van der Waals surface area contributed by atoms with Crippen molar-refractivity contribution in [2.24, 2.45) is 0 Å². The highest BCUT2D eigenvalue weighted by atomic mass is 35.5. The summed E-state index contributed by atoms with van der Waals surface area (Å²) in [6, 6.07) is 8.51. The largest absolute Gasteiger partial charge is 0.385 e. The van der Waals surface area contributed by atoms with Crippen molar-refractivity contribution in [2.45, 2.75) is 32.2 Å². The van der Waals surface area contributed by atoms with Crippen LogP contribution in [0, 0.1) is 0 Å². The summed E-state index contributed by atoms with van der Waals surface area (Å²) in [7, 11) is 1.75. The van der Waals surface area contributed by atoms with Gasteiger partial charge in [0.15, 0.2) is 0 Å². The van der Waals surface area contributed by atoms with Crippen LogP contribution in [0.1, 0.15) is 37.8 Å². The first-order chi connectivity index (χ1) is 8.27. The molecule has 1 N–H and O–H groups in total. The topological polar surface area (TPSA) is 21.3 Å². The molecule has 17 heavy (non-hydrogen) atoms. The minimum Gasteiger partial charge on any atom is -0.385 e. The van der Waals surface area contributed by atoms with Crippen molar-refractivity contribution in [3.8, 4) is 0 Å². The predicted octanol–water partition coefficient (Wildman–Crippen LogP) is 3.81. The number of benzene rings is 1. The zero-order valence-corrected chi connectivity index (χ0v) is 11.5. The van der Waals surface area contributed by atoms with Crippen LogP contribution in [0.15, 0.2) is 24.3 Å². The molecule has 0 aliphatic rings. The molecule has 1 atom stereocenters. The van der Waals surface area contributed by atoms with Crippen LogP contribution in [0.2, 0.25) is 5.02 Å². The summed E-state index contributed by atoms with van der Waals surface area (Å²) in [5.41, 5.74) is 1.30. The maximum absolute atomic E-state index is 5.91. The van der Waals surface area contributed by atoms with Gasteiger partial charge >= 0.3 is 0 Å². The molecule has 1 unspecified atom stereocenters. The SMILES string of the molecule is CCCNC(CCCOC)c1ccc(Cl)cc1. The number of methoxy groups -OCH3 is 1. The maximum Gasteiger partial charge on any atom is 0.0462 e. The van der Waals surface area contributed by atoms with Crippen LogP contribution < -0.4 is 5.32 Å². The molecule has 0 spiro atoms. The summed E-state index contributed by atoms with van der Waals surface area (Å²) in [6.45, 7) is 4.04. The smallest absolute Gasteiger partial charge is 0.0462 e. The minimum absolute atomic E-state index is 0.405. The van der Waals surface area contributed by atoms with E-state index in [-0.39, 0.29) is 0 Å². The molecule has 0 fully saturated rings. The van der Waals surface area contributed by atoms with Crippen LogP contribution in [-0.4, -0.2) is 20.3 Å². The zero-order valence-electron chi connectivity index (χ0n) is 10.7. The number of rotatable bonds is 8. The molecule has 0 heterocycles. The van der Waals surface area contributed by atoms with E-state index in [2.05, 4.69) is 24.4 Å². The van der Waals surface area contributed by atoms with Gasteiger partial charge < -0.3 is 10.1 Å². The third kappa shape index (κ3) is 5.53. The Bertz CT molecular complexity index is 300. The number of ether oxygens (including phenoxy) is 1. The van der Waals surface area contributed by atoms with Gasteiger partial charge in [0, 0.05) is 24.8 Å². The first-order valence-corrected chi connectivity index (χ1v) is 6.63. The lowest BCUT2D eigenvalue weighted by atomic mass is 10.0. The van der Waals surface area contributed by atoms with Crippen molar-refractivity contribution in [2.75, 3.05) is 20.3 Å². The first kappa shape index (κ1) is 14.5. The fraction of sp³-hybridized carbons (Fsp3) is 0.571. The maximum atomic E-state index is 5.91. The van der Waals surface area contributed by atoms with Gasteiger partial charge in [0.05, 0.1) is 0 Å². The van der Waals surface area contributed by atoms with Crippen molar-refractivity contribution >= 4 is 11.6 Å². The monoisotopic (exact) mass is 255 g/mol. The summed E-state index contributed by atoms with van der Waals surface area (Å²) >= 11 is 5.91. The molecule has 1 aromatic rings. The van der Waals surface area contributed by atoms with Crippen molar-refractivity contribution in [1.29, 1.82) is 0 Å². The normalized spacial score (nSPS) is 12.6. The van der Waals surface area contributed by atoms with Crippen LogP contribution in [0.3, 0.4) is 0 Å². The third-order valence-corrected chi connectivity index (χ3v) is 3.01. The average molecular weight is 256 g/mol. The van der Waals surface area contributed by atoms with Crippen LogP contribution >= 0.6 is 11.6 Å². The molecule has 0 aromatic heterocycles. The van der Waals surface area contributed by atoms with E-state index in [1.54, 1.807) is 7.11 Å². The summed E-state index contributed by atoms with van der Waals surface area (Å²) in [5.74, 6) is 0. The highest BCUT2D eigenvalue weighted by Gasteiger charge is 2.09. The van der Waals surface area contributed by atoms with E-state index < -0.39 is 0 Å². The second-order valence-corrected chi connectivity index (χ2v) is 4.63. The minimum atomic E-state index is 0.405. The van der Waals surface area contributed by atoms with Crippen molar-refractivity contribution in [1.82, 2.24) is 5.32 Å². The summed E-state index contributed by atoms with van der Waals surface area (Å²) in [4.78, 5) is 0. The summed E-state index contributed by atoms with van der Waals surface area (Å²) in [5, 5.41) is 4.36. The Hall–Kier alpha value is -0.570. The van der Waals surface area contributed by atoms with E-state index in [0.717, 1.165) is 37.4 Å². The summed E-state index contributed by atoms with van der Waals surface area (Å²) in [6.07, 6.45) is 3.31. The predicted molar refractivity (Wildman–Crippen MR) is 73.6 cm³/mol. The van der Waals surface area contributed by atoms with Gasteiger partial charge in [-0.15, -0.1) is 0 Å². The van der Waals surface area contributed by atoms with Gasteiger partial charge in [-0.1, -0.05) is 30.7 Å². The van der Waals surface area contributed by atoms with Gasteiger partial charge in [-0.2, -0.15) is 0 Å². The Balaban J connectivity index is 2.57. The van der Waals surface area contributed by atoms with Gasteiger partial charge in [0.1, 0.15) is 0 Å². The number of hydrogen-bond acceptors (Lipinski definition) is 2. The fourth-order valence-corrected chi connectivity index (χ4v) is 1.96. The molecule has 0 saturated heterocycles. The van der Waals surface area contributed by atoms with Gasteiger partial charge in [0.25, 0.3) is 0 Å². The molecule has 0 radical (unpaired) electrons. The number of halogens is 1. The quantitative estimate of drug-likeness (QED) is 0.714. The van der Waals surface area contributed by atoms with E-state index in [1.807, 2.05) is 12.1 Å². The van der Waals surface area contributed by atoms with Gasteiger partial charge in [-0.05, 0) is 43.5 Å². The molecule has 2 nitrogen and oxygen atoms in total. The average Bonchev–Trinajstić information content (AvgIpc) is 2.35. The molecule has 3 heteroatoms. The Morgan fingerprint density at radius 2 is 2.00 bits per heavy atom. The molecular weight excluding hydrogens is 234 g/mol. The van der Waals surface area contributed by atoms with Crippen LogP contribution in [0.25, 0.3) is 0 Å². The van der Waals surface area contributed by atoms with E-state index in [4.69, 9.17) is 16.3 Å². The molecule has 0 saturated carbocycles. The lowest BCUT2D eigenvalue weighted by Gasteiger charge is -2.19. The molecule has 1 aromatic carbocycles. The second-order valence-electron chi connectivity index (χ2n) is 4.19. The zero-order chi connectivity index (χ0) is 12.5. The Morgan fingerprint density at radius 1 is 1.29 bits per heavy atom. The second kappa shape index (κ2) is 8.51. The number of hydrogen-bond donors (Lipinski definition) is 1. The highest BCUT2D eigenvalue weighted by molar-refractivity contribution is 6.30. The fourth-order valence-electron chi connectivity index (χ4n) is 1.83. The van der Waals surface area contributed by atoms with Crippen molar-refractivity contribution in [3.63, 3.8) is 0 Å². The Labute approximate surface area is 109 Å². The molecule has 0 aliphatic heterocycles. The number of nitrogens with one attached hydrogen (secondary N) is 1. The van der Waals surface area contributed by atoms with E-state index >= 15 is 0 Å². The van der Waals surface area contributed by atoms with Crippen LogP contribution in [0.4, 0.5) is 0 Å². The van der Waals surface area contributed by atoms with E-state index in [1.165, 1.54) is 5.56 Å². The first-order valence-electron chi connectivity index (χ1n) is 6.25. The van der Waals surface area contributed by atoms with Gasteiger partial charge in [-0.25, -0.2) is 0 Å².